The number of unbranched alkanes of at least 4 members (excludes halogenated alkanes) is 8. The lowest BCUT2D eigenvalue weighted by Gasteiger charge is -2.10. The smallest absolute Gasteiger partial charge is 0.224 e. The standard InChI is InChI=1S/C29H40ClN3O/c1-2-3-4-5-6-7-8-9-12-22-33-27-15-11-10-14-26(27)32-28(33)16-13-21-31-29(34)23-24-17-19-25(30)20-18-24/h10-11,14-15,17-20H,2-9,12-13,16,21-23H2,1H3,(H,31,34). The monoisotopic (exact) mass is 481 g/mol. The van der Waals surface area contributed by atoms with E-state index in [1.54, 1.807) is 0 Å². The molecule has 0 saturated heterocycles. The molecule has 1 N–H and O–H groups in total. The number of aryl methyl sites for hydroxylation is 2. The molecule has 2 aromatic carbocycles. The van der Waals surface area contributed by atoms with Gasteiger partial charge in [-0.3, -0.25) is 4.79 Å². The van der Waals surface area contributed by atoms with E-state index in [0.717, 1.165) is 36.3 Å². The van der Waals surface area contributed by atoms with Crippen LogP contribution in [-0.2, 0) is 24.2 Å². The Labute approximate surface area is 210 Å². The van der Waals surface area contributed by atoms with Crippen LogP contribution in [0, 0.1) is 0 Å². The van der Waals surface area contributed by atoms with Crippen LogP contribution in [0.4, 0.5) is 0 Å². The SMILES string of the molecule is CCCCCCCCCCCn1c(CCCNC(=O)Cc2ccc(Cl)cc2)nc2ccccc21. The highest BCUT2D eigenvalue weighted by Crippen LogP contribution is 2.19. The van der Waals surface area contributed by atoms with Crippen LogP contribution in [0.3, 0.4) is 0 Å². The molecule has 5 heteroatoms. The van der Waals surface area contributed by atoms with E-state index < -0.39 is 0 Å². The summed E-state index contributed by atoms with van der Waals surface area (Å²) < 4.78 is 2.39. The Morgan fingerprint density at radius 1 is 0.882 bits per heavy atom. The lowest BCUT2D eigenvalue weighted by atomic mass is 10.1. The fraction of sp³-hybridized carbons (Fsp3) is 0.517. The number of nitrogens with zero attached hydrogens (tertiary/aromatic N) is 2. The summed E-state index contributed by atoms with van der Waals surface area (Å²) in [5, 5.41) is 3.73. The van der Waals surface area contributed by atoms with Crippen LogP contribution in [0.25, 0.3) is 11.0 Å². The van der Waals surface area contributed by atoms with Crippen LogP contribution in [-0.4, -0.2) is 22.0 Å². The molecule has 0 atom stereocenters. The average molecular weight is 482 g/mol. The van der Waals surface area contributed by atoms with Gasteiger partial charge < -0.3 is 9.88 Å². The van der Waals surface area contributed by atoms with Gasteiger partial charge in [-0.05, 0) is 42.7 Å². The number of para-hydroxylation sites is 2. The van der Waals surface area contributed by atoms with E-state index in [9.17, 15) is 4.79 Å². The largest absolute Gasteiger partial charge is 0.356 e. The number of hydrogen-bond donors (Lipinski definition) is 1. The number of rotatable bonds is 16. The molecule has 0 bridgehead atoms. The lowest BCUT2D eigenvalue weighted by Crippen LogP contribution is -2.26. The summed E-state index contributed by atoms with van der Waals surface area (Å²) in [5.41, 5.74) is 3.27. The predicted octanol–water partition coefficient (Wildman–Crippen LogP) is 7.51. The number of halogens is 1. The van der Waals surface area contributed by atoms with Crippen LogP contribution in [0.5, 0.6) is 0 Å². The lowest BCUT2D eigenvalue weighted by molar-refractivity contribution is -0.120. The van der Waals surface area contributed by atoms with Crippen molar-refractivity contribution in [3.63, 3.8) is 0 Å². The van der Waals surface area contributed by atoms with E-state index in [-0.39, 0.29) is 5.91 Å². The normalized spacial score (nSPS) is 11.2. The van der Waals surface area contributed by atoms with Gasteiger partial charge in [0.25, 0.3) is 0 Å². The van der Waals surface area contributed by atoms with E-state index in [0.29, 0.717) is 18.0 Å². The fourth-order valence-corrected chi connectivity index (χ4v) is 4.60. The fourth-order valence-electron chi connectivity index (χ4n) is 4.47. The van der Waals surface area contributed by atoms with Crippen molar-refractivity contribution in [1.82, 2.24) is 14.9 Å². The van der Waals surface area contributed by atoms with Gasteiger partial charge in [0, 0.05) is 24.5 Å². The number of aromatic nitrogens is 2. The first-order valence-electron chi connectivity index (χ1n) is 13.1. The molecule has 0 spiro atoms. The second-order valence-corrected chi connectivity index (χ2v) is 9.69. The minimum atomic E-state index is 0.0468. The van der Waals surface area contributed by atoms with E-state index in [2.05, 4.69) is 41.1 Å². The highest BCUT2D eigenvalue weighted by atomic mass is 35.5. The molecule has 4 nitrogen and oxygen atoms in total. The molecule has 0 aliphatic heterocycles. The van der Waals surface area contributed by atoms with Gasteiger partial charge in [0.05, 0.1) is 17.5 Å². The zero-order valence-corrected chi connectivity index (χ0v) is 21.5. The quantitative estimate of drug-likeness (QED) is 0.215. The van der Waals surface area contributed by atoms with Crippen LogP contribution < -0.4 is 5.32 Å². The second kappa shape index (κ2) is 14.8. The third-order valence-electron chi connectivity index (χ3n) is 6.40. The molecule has 184 valence electrons. The molecular formula is C29H40ClN3O. The summed E-state index contributed by atoms with van der Waals surface area (Å²) in [6, 6.07) is 15.9. The van der Waals surface area contributed by atoms with Crippen molar-refractivity contribution in [2.45, 2.75) is 90.5 Å². The van der Waals surface area contributed by atoms with Crippen molar-refractivity contribution in [2.24, 2.45) is 0 Å². The van der Waals surface area contributed by atoms with Gasteiger partial charge in [0.1, 0.15) is 5.82 Å². The Bertz CT molecular complexity index is 996. The first kappa shape index (κ1) is 26.3. The molecule has 0 unspecified atom stereocenters. The number of amides is 1. The van der Waals surface area contributed by atoms with Crippen molar-refractivity contribution < 1.29 is 4.79 Å². The Balaban J connectivity index is 1.42. The van der Waals surface area contributed by atoms with Crippen LogP contribution in [0.15, 0.2) is 48.5 Å². The summed E-state index contributed by atoms with van der Waals surface area (Å²) in [4.78, 5) is 17.2. The number of carbonyl (C=O) groups excluding carboxylic acids is 1. The van der Waals surface area contributed by atoms with Gasteiger partial charge in [-0.25, -0.2) is 4.98 Å². The zero-order chi connectivity index (χ0) is 24.0. The summed E-state index contributed by atoms with van der Waals surface area (Å²) in [7, 11) is 0. The molecule has 1 amide bonds. The Morgan fingerprint density at radius 2 is 1.56 bits per heavy atom. The molecule has 0 fully saturated rings. The second-order valence-electron chi connectivity index (χ2n) is 9.25. The van der Waals surface area contributed by atoms with Crippen molar-refractivity contribution in [3.8, 4) is 0 Å². The first-order valence-corrected chi connectivity index (χ1v) is 13.5. The van der Waals surface area contributed by atoms with Gasteiger partial charge in [0.2, 0.25) is 5.91 Å². The van der Waals surface area contributed by atoms with Gasteiger partial charge in [-0.1, -0.05) is 94.2 Å². The van der Waals surface area contributed by atoms with E-state index in [4.69, 9.17) is 16.6 Å². The highest BCUT2D eigenvalue weighted by molar-refractivity contribution is 6.30. The van der Waals surface area contributed by atoms with E-state index in [1.165, 1.54) is 63.3 Å². The minimum Gasteiger partial charge on any atom is -0.356 e. The zero-order valence-electron chi connectivity index (χ0n) is 20.7. The predicted molar refractivity (Wildman–Crippen MR) is 143 cm³/mol. The van der Waals surface area contributed by atoms with Crippen molar-refractivity contribution in [3.05, 3.63) is 64.9 Å². The molecular weight excluding hydrogens is 442 g/mol. The number of hydrogen-bond acceptors (Lipinski definition) is 2. The molecule has 34 heavy (non-hydrogen) atoms. The Hall–Kier alpha value is -2.33. The molecule has 3 rings (SSSR count). The Morgan fingerprint density at radius 3 is 2.29 bits per heavy atom. The van der Waals surface area contributed by atoms with Crippen molar-refractivity contribution in [2.75, 3.05) is 6.54 Å². The first-order chi connectivity index (χ1) is 16.7. The number of carbonyl (C=O) groups is 1. The minimum absolute atomic E-state index is 0.0468. The summed E-state index contributed by atoms with van der Waals surface area (Å²) in [6.07, 6.45) is 14.1. The highest BCUT2D eigenvalue weighted by Gasteiger charge is 2.10. The maximum atomic E-state index is 12.3. The molecule has 1 heterocycles. The van der Waals surface area contributed by atoms with Gasteiger partial charge >= 0.3 is 0 Å². The molecule has 0 aliphatic rings. The number of benzene rings is 2. The molecule has 1 aromatic heterocycles. The topological polar surface area (TPSA) is 46.9 Å². The van der Waals surface area contributed by atoms with Gasteiger partial charge in [-0.2, -0.15) is 0 Å². The molecule has 0 radical (unpaired) electrons. The van der Waals surface area contributed by atoms with Crippen molar-refractivity contribution in [1.29, 1.82) is 0 Å². The summed E-state index contributed by atoms with van der Waals surface area (Å²) >= 11 is 5.92. The number of imidazole rings is 1. The summed E-state index contributed by atoms with van der Waals surface area (Å²) in [6.45, 7) is 3.95. The third-order valence-corrected chi connectivity index (χ3v) is 6.65. The molecule has 0 saturated carbocycles. The van der Waals surface area contributed by atoms with Crippen molar-refractivity contribution >= 4 is 28.5 Å². The number of fused-ring (bicyclic) bond motifs is 1. The van der Waals surface area contributed by atoms with E-state index in [1.807, 2.05) is 24.3 Å². The van der Waals surface area contributed by atoms with Gasteiger partial charge in [0.15, 0.2) is 0 Å². The summed E-state index contributed by atoms with van der Waals surface area (Å²) in [5.74, 6) is 1.18. The van der Waals surface area contributed by atoms with Crippen LogP contribution >= 0.6 is 11.6 Å². The van der Waals surface area contributed by atoms with Crippen LogP contribution in [0.2, 0.25) is 5.02 Å². The third kappa shape index (κ3) is 8.79. The maximum Gasteiger partial charge on any atom is 0.224 e. The Kier molecular flexibility index (Phi) is 11.5. The molecule has 0 aliphatic carbocycles. The molecule has 3 aromatic rings. The average Bonchev–Trinajstić information content (AvgIpc) is 3.19. The van der Waals surface area contributed by atoms with E-state index >= 15 is 0 Å². The van der Waals surface area contributed by atoms with Gasteiger partial charge in [-0.15, -0.1) is 0 Å². The van der Waals surface area contributed by atoms with Crippen LogP contribution in [0.1, 0.15) is 82.5 Å². The number of nitrogens with one attached hydrogen (secondary N) is 1. The maximum absolute atomic E-state index is 12.3.